The van der Waals surface area contributed by atoms with Crippen molar-refractivity contribution < 1.29 is 9.84 Å². The van der Waals surface area contributed by atoms with Crippen LogP contribution in [0.2, 0.25) is 0 Å². The van der Waals surface area contributed by atoms with Crippen molar-refractivity contribution in [3.05, 3.63) is 33.1 Å². The minimum atomic E-state index is -0.577. The molecule has 0 saturated carbocycles. The molecule has 6 nitrogen and oxygen atoms in total. The van der Waals surface area contributed by atoms with Crippen LogP contribution in [0.4, 0.5) is 0 Å². The summed E-state index contributed by atoms with van der Waals surface area (Å²) in [6, 6.07) is 1.30. The number of hydrogen-bond donors (Lipinski definition) is 1. The van der Waals surface area contributed by atoms with Gasteiger partial charge in [-0.15, -0.1) is 0 Å². The fourth-order valence-electron chi connectivity index (χ4n) is 1.66. The van der Waals surface area contributed by atoms with Crippen molar-refractivity contribution in [2.24, 2.45) is 0 Å². The average molecular weight is 338 g/mol. The van der Waals surface area contributed by atoms with Crippen LogP contribution in [-0.2, 0) is 4.74 Å². The second-order valence-corrected chi connectivity index (χ2v) is 4.69. The Balaban J connectivity index is 2.40. The molecule has 1 aliphatic heterocycles. The Morgan fingerprint density at radius 2 is 2.25 bits per heavy atom. The molecule has 1 saturated heterocycles. The number of aliphatic hydroxyl groups is 1. The quantitative estimate of drug-likeness (QED) is 0.725. The smallest absolute Gasteiger partial charge is 0.342 e. The number of rotatable bonds is 1. The summed E-state index contributed by atoms with van der Waals surface area (Å²) in [6.07, 6.45) is 0.377. The molecule has 2 heterocycles. The maximum absolute atomic E-state index is 11.7. The third-order valence-corrected chi connectivity index (χ3v) is 3.52. The lowest BCUT2D eigenvalue weighted by atomic mass is 10.2. The molecule has 3 atom stereocenters. The largest absolute Gasteiger partial charge is 0.390 e. The summed E-state index contributed by atoms with van der Waals surface area (Å²) in [5, 5.41) is 9.53. The van der Waals surface area contributed by atoms with E-state index in [9.17, 15) is 14.7 Å². The average Bonchev–Trinajstić information content (AvgIpc) is 2.56. The topological polar surface area (TPSA) is 73.5 Å². The van der Waals surface area contributed by atoms with Gasteiger partial charge in [0.05, 0.1) is 35.1 Å². The molecule has 0 aromatic carbocycles. The zero-order valence-electron chi connectivity index (χ0n) is 8.54. The van der Waals surface area contributed by atoms with E-state index in [1.165, 1.54) is 16.8 Å². The highest BCUT2D eigenvalue weighted by atomic mass is 127. The maximum atomic E-state index is 11.7. The molecule has 1 aromatic heterocycles. The summed E-state index contributed by atoms with van der Waals surface area (Å²) in [5.74, 6) is 0. The Labute approximate surface area is 105 Å². The van der Waals surface area contributed by atoms with E-state index in [1.54, 1.807) is 29.8 Å². The summed E-state index contributed by atoms with van der Waals surface area (Å²) in [6.45, 7) is 1.75. The molecule has 0 aliphatic carbocycles. The molecule has 0 unspecified atom stereocenters. The van der Waals surface area contributed by atoms with Crippen molar-refractivity contribution in [1.82, 2.24) is 7.35 Å². The number of hydrogen-bond acceptors (Lipinski definition) is 4. The van der Waals surface area contributed by atoms with Crippen LogP contribution in [0, 0.1) is 0 Å². The lowest BCUT2D eigenvalue weighted by Crippen LogP contribution is -2.36. The molecule has 16 heavy (non-hydrogen) atoms. The van der Waals surface area contributed by atoms with Gasteiger partial charge in [0.2, 0.25) is 0 Å². The molecular weight excluding hydrogens is 327 g/mol. The van der Waals surface area contributed by atoms with Crippen molar-refractivity contribution in [1.29, 1.82) is 0 Å². The molecule has 7 heteroatoms. The van der Waals surface area contributed by atoms with Crippen LogP contribution in [0.25, 0.3) is 0 Å². The van der Waals surface area contributed by atoms with Gasteiger partial charge in [0.25, 0.3) is 5.56 Å². The second-order valence-electron chi connectivity index (χ2n) is 3.72. The van der Waals surface area contributed by atoms with E-state index in [4.69, 9.17) is 4.74 Å². The summed E-state index contributed by atoms with van der Waals surface area (Å²) in [7, 11) is 0. The Hall–Kier alpha value is -0.670. The van der Waals surface area contributed by atoms with Crippen molar-refractivity contribution in [2.45, 2.75) is 31.8 Å². The van der Waals surface area contributed by atoms with E-state index >= 15 is 0 Å². The third kappa shape index (κ3) is 1.94. The normalized spacial score (nSPS) is 29.6. The molecule has 1 fully saturated rings. The van der Waals surface area contributed by atoms with E-state index < -0.39 is 18.0 Å². The highest BCUT2D eigenvalue weighted by Gasteiger charge is 2.32. The number of ether oxygens (including phenoxy) is 1. The Morgan fingerprint density at radius 1 is 1.56 bits per heavy atom. The van der Waals surface area contributed by atoms with Gasteiger partial charge in [-0.2, -0.15) is 2.78 Å². The molecule has 1 aromatic rings. The number of aromatic nitrogens is 2. The third-order valence-electron chi connectivity index (χ3n) is 2.63. The fourth-order valence-corrected chi connectivity index (χ4v) is 2.07. The second kappa shape index (κ2) is 4.30. The number of halogens is 1. The molecule has 88 valence electrons. The highest BCUT2D eigenvalue weighted by Crippen LogP contribution is 2.26. The van der Waals surface area contributed by atoms with Gasteiger partial charge in [0, 0.05) is 18.7 Å². The van der Waals surface area contributed by atoms with E-state index in [0.29, 0.717) is 6.42 Å². The molecular formula is C9H11IN2O4. The van der Waals surface area contributed by atoms with Gasteiger partial charge < -0.3 is 9.84 Å². The van der Waals surface area contributed by atoms with E-state index in [1.807, 2.05) is 0 Å². The summed E-state index contributed by atoms with van der Waals surface area (Å²) < 4.78 is 7.73. The summed E-state index contributed by atoms with van der Waals surface area (Å²) in [5.41, 5.74) is -0.812. The molecule has 0 spiro atoms. The summed E-state index contributed by atoms with van der Waals surface area (Å²) >= 11 is 1.64. The molecule has 1 aliphatic rings. The first-order valence-corrected chi connectivity index (χ1v) is 5.81. The van der Waals surface area contributed by atoms with Gasteiger partial charge in [-0.05, 0) is 6.92 Å². The lowest BCUT2D eigenvalue weighted by molar-refractivity contribution is -0.0102. The summed E-state index contributed by atoms with van der Waals surface area (Å²) in [4.78, 5) is 22.9. The highest BCUT2D eigenvalue weighted by molar-refractivity contribution is 14.1. The molecule has 0 bridgehead atoms. The Kier molecular flexibility index (Phi) is 3.17. The Morgan fingerprint density at radius 3 is 2.81 bits per heavy atom. The van der Waals surface area contributed by atoms with Crippen molar-refractivity contribution >= 4 is 22.9 Å². The van der Waals surface area contributed by atoms with E-state index in [-0.39, 0.29) is 11.7 Å². The first kappa shape index (κ1) is 11.8. The van der Waals surface area contributed by atoms with Crippen LogP contribution in [0.1, 0.15) is 19.6 Å². The predicted molar refractivity (Wildman–Crippen MR) is 64.6 cm³/mol. The van der Waals surface area contributed by atoms with Crippen LogP contribution in [0.5, 0.6) is 0 Å². The van der Waals surface area contributed by atoms with E-state index in [2.05, 4.69) is 0 Å². The zero-order chi connectivity index (χ0) is 11.9. The van der Waals surface area contributed by atoms with Crippen LogP contribution < -0.4 is 11.2 Å². The molecule has 2 rings (SSSR count). The van der Waals surface area contributed by atoms with Crippen LogP contribution in [-0.4, -0.2) is 24.7 Å². The first-order valence-electron chi connectivity index (χ1n) is 4.84. The monoisotopic (exact) mass is 338 g/mol. The molecule has 0 radical (unpaired) electrons. The fraction of sp³-hybridized carbons (Fsp3) is 0.556. The van der Waals surface area contributed by atoms with E-state index in [0.717, 1.165) is 2.78 Å². The van der Waals surface area contributed by atoms with Gasteiger partial charge in [-0.1, -0.05) is 0 Å². The minimum Gasteiger partial charge on any atom is -0.390 e. The van der Waals surface area contributed by atoms with Crippen molar-refractivity contribution in [2.75, 3.05) is 0 Å². The number of nitrogens with zero attached hydrogens (tertiary/aromatic N) is 2. The van der Waals surface area contributed by atoms with Gasteiger partial charge in [0.1, 0.15) is 6.23 Å². The molecule has 1 N–H and O–H groups in total. The van der Waals surface area contributed by atoms with Crippen molar-refractivity contribution in [3.8, 4) is 0 Å². The van der Waals surface area contributed by atoms with Crippen molar-refractivity contribution in [3.63, 3.8) is 0 Å². The van der Waals surface area contributed by atoms with Crippen LogP contribution in [0.15, 0.2) is 21.9 Å². The van der Waals surface area contributed by atoms with Crippen LogP contribution in [0.3, 0.4) is 0 Å². The predicted octanol–water partition coefficient (Wildman–Crippen LogP) is -0.124. The van der Waals surface area contributed by atoms with Gasteiger partial charge in [0.15, 0.2) is 0 Å². The standard InChI is InChI=1S/C9H11IN2O4/c1-5-6(13)4-8(16-5)11-3-2-7(14)12(10)9(11)15/h2-3,5-6,8,13H,4H2,1H3/t5-,6-,8-/m1/s1. The van der Waals surface area contributed by atoms with Gasteiger partial charge >= 0.3 is 5.69 Å². The maximum Gasteiger partial charge on any atom is 0.342 e. The lowest BCUT2D eigenvalue weighted by Gasteiger charge is -2.13. The first-order chi connectivity index (χ1) is 7.50. The SMILES string of the molecule is C[C@H]1O[C@@H](n2ccc(=O)n(I)c2=O)C[C@H]1O. The minimum absolute atomic E-state index is 0.300. The van der Waals surface area contributed by atoms with Gasteiger partial charge in [-0.3, -0.25) is 9.36 Å². The molecule has 0 amide bonds. The number of aliphatic hydroxyl groups excluding tert-OH is 1. The zero-order valence-corrected chi connectivity index (χ0v) is 10.7. The Bertz CT molecular complexity index is 499. The van der Waals surface area contributed by atoms with Gasteiger partial charge in [-0.25, -0.2) is 4.79 Å². The van der Waals surface area contributed by atoms with Crippen LogP contribution >= 0.6 is 22.9 Å².